The summed E-state index contributed by atoms with van der Waals surface area (Å²) >= 11 is 0. The van der Waals surface area contributed by atoms with Crippen molar-refractivity contribution in [1.29, 1.82) is 0 Å². The van der Waals surface area contributed by atoms with Gasteiger partial charge in [0.05, 0.1) is 37.0 Å². The molecular formula is C23H18F6N4O3. The number of nitrogens with zero attached hydrogens (tertiary/aromatic N) is 3. The maximum absolute atomic E-state index is 13.1. The molecular weight excluding hydrogens is 494 g/mol. The maximum Gasteiger partial charge on any atom is 0.393 e. The van der Waals surface area contributed by atoms with Crippen molar-refractivity contribution >= 4 is 11.6 Å². The fraction of sp³-hybridized carbons (Fsp3) is 0.261. The van der Waals surface area contributed by atoms with Crippen LogP contribution in [0.3, 0.4) is 0 Å². The van der Waals surface area contributed by atoms with Gasteiger partial charge in [0.15, 0.2) is 11.5 Å². The Bertz CT molecular complexity index is 1340. The van der Waals surface area contributed by atoms with E-state index in [1.54, 1.807) is 19.1 Å². The quantitative estimate of drug-likeness (QED) is 0.298. The second kappa shape index (κ2) is 9.55. The van der Waals surface area contributed by atoms with Crippen LogP contribution >= 0.6 is 0 Å². The lowest BCUT2D eigenvalue weighted by atomic mass is 9.95. The highest BCUT2D eigenvalue weighted by Gasteiger charge is 2.32. The van der Waals surface area contributed by atoms with Gasteiger partial charge in [-0.1, -0.05) is 23.4 Å². The number of nitrogens with one attached hydrogen (secondary N) is 1. The minimum absolute atomic E-state index is 0.0464. The summed E-state index contributed by atoms with van der Waals surface area (Å²) in [5.41, 5.74) is -0.229. The van der Waals surface area contributed by atoms with E-state index >= 15 is 0 Å². The largest absolute Gasteiger partial charge is 0.461 e. The van der Waals surface area contributed by atoms with Gasteiger partial charge in [-0.25, -0.2) is 0 Å². The molecule has 3 aromatic heterocycles. The third-order valence-electron chi connectivity index (χ3n) is 5.22. The molecule has 0 bridgehead atoms. The minimum Gasteiger partial charge on any atom is -0.461 e. The lowest BCUT2D eigenvalue weighted by Crippen LogP contribution is -2.18. The van der Waals surface area contributed by atoms with Crippen LogP contribution in [0.2, 0.25) is 0 Å². The van der Waals surface area contributed by atoms with Crippen molar-refractivity contribution in [3.05, 3.63) is 77.4 Å². The Kier molecular flexibility index (Phi) is 6.65. The topological polar surface area (TPSA) is 86.1 Å². The van der Waals surface area contributed by atoms with Crippen LogP contribution in [-0.4, -0.2) is 33.2 Å². The zero-order valence-electron chi connectivity index (χ0n) is 18.5. The van der Waals surface area contributed by atoms with Crippen molar-refractivity contribution in [2.75, 3.05) is 5.32 Å². The lowest BCUT2D eigenvalue weighted by molar-refractivity contribution is -0.127. The lowest BCUT2D eigenvalue weighted by Gasteiger charge is -2.19. The van der Waals surface area contributed by atoms with Gasteiger partial charge in [0.25, 0.3) is 5.91 Å². The van der Waals surface area contributed by atoms with E-state index < -0.39 is 37.1 Å². The minimum atomic E-state index is -4.62. The van der Waals surface area contributed by atoms with Crippen LogP contribution in [0, 0.1) is 0 Å². The number of amides is 1. The van der Waals surface area contributed by atoms with Crippen LogP contribution in [0.15, 0.2) is 64.0 Å². The van der Waals surface area contributed by atoms with Crippen molar-refractivity contribution in [1.82, 2.24) is 14.9 Å². The van der Waals surface area contributed by atoms with Gasteiger partial charge in [-0.05, 0) is 35.7 Å². The van der Waals surface area contributed by atoms with Gasteiger partial charge < -0.3 is 14.3 Å². The van der Waals surface area contributed by atoms with Gasteiger partial charge in [0.1, 0.15) is 0 Å². The average Bonchev–Trinajstić information content (AvgIpc) is 3.52. The highest BCUT2D eigenvalue weighted by molar-refractivity contribution is 6.03. The van der Waals surface area contributed by atoms with Crippen molar-refractivity contribution < 1.29 is 40.1 Å². The van der Waals surface area contributed by atoms with Gasteiger partial charge >= 0.3 is 12.4 Å². The number of hydrogen-bond acceptors (Lipinski definition) is 5. The van der Waals surface area contributed by atoms with Gasteiger partial charge in [-0.2, -0.15) is 31.4 Å². The van der Waals surface area contributed by atoms with Crippen LogP contribution in [0.4, 0.5) is 32.0 Å². The van der Waals surface area contributed by atoms with E-state index in [1.165, 1.54) is 35.5 Å². The van der Waals surface area contributed by atoms with Crippen LogP contribution in [-0.2, 0) is 12.8 Å². The molecule has 4 aromatic rings. The maximum atomic E-state index is 13.1. The van der Waals surface area contributed by atoms with Crippen molar-refractivity contribution in [3.8, 4) is 11.5 Å². The molecule has 7 nitrogen and oxygen atoms in total. The SMILES string of the molecule is C[C@H](c1ccc(CC(F)(F)F)cc1CC(F)(F)F)n1cc(NC(=O)c2cc(-c3ccco3)on2)cn1. The Morgan fingerprint density at radius 1 is 1.06 bits per heavy atom. The number of hydrogen-bond donors (Lipinski definition) is 1. The van der Waals surface area contributed by atoms with Crippen LogP contribution in [0.25, 0.3) is 11.5 Å². The molecule has 1 aromatic carbocycles. The number of anilines is 1. The third-order valence-corrected chi connectivity index (χ3v) is 5.22. The summed E-state index contributed by atoms with van der Waals surface area (Å²) in [5, 5.41) is 10.3. The molecule has 0 saturated carbocycles. The summed E-state index contributed by atoms with van der Waals surface area (Å²) < 4.78 is 89.2. The number of rotatable bonds is 7. The molecule has 36 heavy (non-hydrogen) atoms. The van der Waals surface area contributed by atoms with Gasteiger partial charge in [-0.15, -0.1) is 0 Å². The van der Waals surface area contributed by atoms with Crippen molar-refractivity contribution in [2.45, 2.75) is 38.2 Å². The smallest absolute Gasteiger partial charge is 0.393 e. The summed E-state index contributed by atoms with van der Waals surface area (Å²) in [4.78, 5) is 12.5. The van der Waals surface area contributed by atoms with Crippen molar-refractivity contribution in [3.63, 3.8) is 0 Å². The van der Waals surface area contributed by atoms with Crippen LogP contribution in [0.5, 0.6) is 0 Å². The molecule has 0 spiro atoms. The zero-order chi connectivity index (χ0) is 26.1. The number of aromatic nitrogens is 3. The Morgan fingerprint density at radius 2 is 1.81 bits per heavy atom. The van der Waals surface area contributed by atoms with Crippen molar-refractivity contribution in [2.24, 2.45) is 0 Å². The molecule has 0 fully saturated rings. The normalized spacial score (nSPS) is 13.1. The summed E-state index contributed by atoms with van der Waals surface area (Å²) in [6.45, 7) is 1.55. The molecule has 3 heterocycles. The zero-order valence-corrected chi connectivity index (χ0v) is 18.5. The molecule has 1 atom stereocenters. The second-order valence-electron chi connectivity index (χ2n) is 8.01. The highest BCUT2D eigenvalue weighted by atomic mass is 19.4. The molecule has 4 rings (SSSR count). The fourth-order valence-electron chi connectivity index (χ4n) is 3.65. The molecule has 0 saturated heterocycles. The third kappa shape index (κ3) is 6.15. The molecule has 0 aliphatic rings. The van der Waals surface area contributed by atoms with Crippen LogP contribution in [0.1, 0.15) is 40.1 Å². The average molecular weight is 512 g/mol. The Hall–Kier alpha value is -4.03. The Labute approximate surface area is 199 Å². The first-order valence-electron chi connectivity index (χ1n) is 10.5. The molecule has 1 amide bonds. The van der Waals surface area contributed by atoms with E-state index in [-0.39, 0.29) is 33.8 Å². The number of alkyl halides is 6. The standard InChI is InChI=1S/C23H18F6N4O3/c1-13(17-5-4-14(9-22(24,25)26)7-15(17)10-23(27,28)29)33-12-16(11-30-33)31-21(34)18-8-20(36-32-18)19-3-2-6-35-19/h2-8,11-13H,9-10H2,1H3,(H,31,34)/t13-/m1/s1. The Morgan fingerprint density at radius 3 is 2.47 bits per heavy atom. The van der Waals surface area contributed by atoms with Gasteiger partial charge in [0.2, 0.25) is 5.76 Å². The predicted octanol–water partition coefficient (Wildman–Crippen LogP) is 6.20. The van der Waals surface area contributed by atoms with E-state index in [1.807, 2.05) is 0 Å². The highest BCUT2D eigenvalue weighted by Crippen LogP contribution is 2.31. The molecule has 0 aliphatic carbocycles. The summed E-state index contributed by atoms with van der Waals surface area (Å²) in [6.07, 6.45) is -7.82. The summed E-state index contributed by atoms with van der Waals surface area (Å²) in [7, 11) is 0. The molecule has 190 valence electrons. The van der Waals surface area contributed by atoms with E-state index in [0.717, 1.165) is 12.1 Å². The molecule has 13 heteroatoms. The molecule has 1 N–H and O–H groups in total. The molecule has 0 radical (unpaired) electrons. The summed E-state index contributed by atoms with van der Waals surface area (Å²) in [6, 6.07) is 7.15. The Balaban J connectivity index is 1.52. The number of carbonyl (C=O) groups excluding carboxylic acids is 1. The van der Waals surface area contributed by atoms with Crippen LogP contribution < -0.4 is 5.32 Å². The number of carbonyl (C=O) groups is 1. The van der Waals surface area contributed by atoms with E-state index in [4.69, 9.17) is 8.94 Å². The number of furan rings is 1. The molecule has 0 aliphatic heterocycles. The van der Waals surface area contributed by atoms with E-state index in [0.29, 0.717) is 5.76 Å². The monoisotopic (exact) mass is 512 g/mol. The number of halogens is 6. The van der Waals surface area contributed by atoms with Gasteiger partial charge in [0, 0.05) is 12.3 Å². The first kappa shape index (κ1) is 25.1. The second-order valence-corrected chi connectivity index (χ2v) is 8.01. The van der Waals surface area contributed by atoms with E-state index in [9.17, 15) is 31.1 Å². The van der Waals surface area contributed by atoms with Gasteiger partial charge in [-0.3, -0.25) is 9.48 Å². The number of benzene rings is 1. The first-order chi connectivity index (χ1) is 16.9. The van der Waals surface area contributed by atoms with E-state index in [2.05, 4.69) is 15.6 Å². The molecule has 0 unspecified atom stereocenters. The predicted molar refractivity (Wildman–Crippen MR) is 114 cm³/mol. The summed E-state index contributed by atoms with van der Waals surface area (Å²) in [5.74, 6) is -0.0160. The fourth-order valence-corrected chi connectivity index (χ4v) is 3.65. The first-order valence-corrected chi connectivity index (χ1v) is 10.5.